The lowest BCUT2D eigenvalue weighted by molar-refractivity contribution is -0.145. The van der Waals surface area contributed by atoms with Crippen molar-refractivity contribution in [2.24, 2.45) is 0 Å². The first-order valence-corrected chi connectivity index (χ1v) is 6.98. The summed E-state index contributed by atoms with van der Waals surface area (Å²) in [4.78, 5) is 32.8. The number of hydrogen-bond acceptors (Lipinski definition) is 6. The Morgan fingerprint density at radius 3 is 3.05 bits per heavy atom. The summed E-state index contributed by atoms with van der Waals surface area (Å²) in [7, 11) is 0. The monoisotopic (exact) mass is 303 g/mol. The molecule has 0 spiro atoms. The Kier molecular flexibility index (Phi) is 5.58. The number of carbonyl (C=O) groups excluding carboxylic acids is 2. The summed E-state index contributed by atoms with van der Waals surface area (Å²) in [5, 5.41) is 10.2. The molecule has 2 aromatic heterocycles. The second-order valence-corrected chi connectivity index (χ2v) is 4.58. The number of rotatable bonds is 8. The predicted octanol–water partition coefficient (Wildman–Crippen LogP) is 0.644. The minimum Gasteiger partial charge on any atom is -0.353 e. The first-order chi connectivity index (χ1) is 10.7. The molecule has 0 saturated carbocycles. The van der Waals surface area contributed by atoms with Crippen molar-refractivity contribution in [1.29, 1.82) is 0 Å². The van der Waals surface area contributed by atoms with Crippen molar-refractivity contribution in [2.75, 3.05) is 6.54 Å². The highest BCUT2D eigenvalue weighted by atomic mass is 16.7. The number of aromatic nitrogens is 4. The average molecular weight is 303 g/mol. The molecule has 2 aromatic rings. The Balaban J connectivity index is 1.68. The van der Waals surface area contributed by atoms with Crippen LogP contribution in [0.3, 0.4) is 0 Å². The number of hydrogen-bond donors (Lipinski definition) is 1. The molecule has 0 aliphatic heterocycles. The van der Waals surface area contributed by atoms with Crippen molar-refractivity contribution in [3.8, 4) is 0 Å². The van der Waals surface area contributed by atoms with E-state index < -0.39 is 5.97 Å². The zero-order chi connectivity index (χ0) is 15.8. The van der Waals surface area contributed by atoms with Gasteiger partial charge in [-0.2, -0.15) is 0 Å². The van der Waals surface area contributed by atoms with E-state index in [9.17, 15) is 9.59 Å². The van der Waals surface area contributed by atoms with Gasteiger partial charge < -0.3 is 10.2 Å². The number of nitrogens with one attached hydrogen (secondary N) is 1. The van der Waals surface area contributed by atoms with Crippen LogP contribution in [0.1, 0.15) is 25.7 Å². The predicted molar refractivity (Wildman–Crippen MR) is 78.6 cm³/mol. The molecule has 0 saturated heterocycles. The van der Waals surface area contributed by atoms with Gasteiger partial charge in [-0.1, -0.05) is 13.0 Å². The topological polar surface area (TPSA) is 99.0 Å². The molecule has 0 radical (unpaired) electrons. The minimum absolute atomic E-state index is 0.190. The summed E-state index contributed by atoms with van der Waals surface area (Å²) in [5.74, 6) is -0.586. The van der Waals surface area contributed by atoms with Gasteiger partial charge in [-0.15, -0.1) is 5.10 Å². The van der Waals surface area contributed by atoms with E-state index in [1.54, 1.807) is 18.3 Å². The maximum atomic E-state index is 11.7. The molecule has 0 atom stereocenters. The van der Waals surface area contributed by atoms with Gasteiger partial charge in [-0.05, 0) is 41.1 Å². The fraction of sp³-hybridized carbons (Fsp3) is 0.357. The van der Waals surface area contributed by atoms with Gasteiger partial charge in [0, 0.05) is 19.2 Å². The molecule has 0 aliphatic carbocycles. The van der Waals surface area contributed by atoms with Crippen LogP contribution >= 0.6 is 0 Å². The molecule has 2 rings (SSSR count). The first kappa shape index (κ1) is 15.6. The van der Waals surface area contributed by atoms with Crippen LogP contribution in [0.4, 0.5) is 0 Å². The van der Waals surface area contributed by atoms with Crippen LogP contribution in [0.25, 0.3) is 11.2 Å². The third kappa shape index (κ3) is 4.37. The van der Waals surface area contributed by atoms with Gasteiger partial charge in [-0.25, -0.2) is 9.78 Å². The molecule has 0 unspecified atom stereocenters. The van der Waals surface area contributed by atoms with Gasteiger partial charge in [0.2, 0.25) is 11.6 Å². The molecule has 0 aliphatic rings. The standard InChI is InChI=1S/C14H17N5O3/c1-2-12(20)15-9-5-3-4-8-13(21)22-19-14-11(17-18-19)7-6-10-16-14/h2,6-7,10H,1,3-5,8-9H2,(H,15,20). The lowest BCUT2D eigenvalue weighted by Crippen LogP contribution is -2.22. The molecule has 22 heavy (non-hydrogen) atoms. The van der Waals surface area contributed by atoms with Gasteiger partial charge in [0.15, 0.2) is 0 Å². The van der Waals surface area contributed by atoms with Crippen molar-refractivity contribution in [3.63, 3.8) is 0 Å². The highest BCUT2D eigenvalue weighted by Crippen LogP contribution is 2.05. The summed E-state index contributed by atoms with van der Waals surface area (Å²) in [6.07, 6.45) is 5.34. The number of nitrogens with zero attached hydrogens (tertiary/aromatic N) is 4. The molecule has 1 amide bonds. The van der Waals surface area contributed by atoms with E-state index in [0.29, 0.717) is 24.1 Å². The molecule has 116 valence electrons. The minimum atomic E-state index is -0.396. The van der Waals surface area contributed by atoms with Gasteiger partial charge >= 0.3 is 5.97 Å². The maximum absolute atomic E-state index is 11.7. The van der Waals surface area contributed by atoms with E-state index in [0.717, 1.165) is 17.7 Å². The molecule has 0 fully saturated rings. The SMILES string of the molecule is C=CC(=O)NCCCCCC(=O)On1nnc2cccnc21. The summed E-state index contributed by atoms with van der Waals surface area (Å²) in [5.41, 5.74) is 0.969. The lowest BCUT2D eigenvalue weighted by atomic mass is 10.2. The number of unbranched alkanes of at least 4 members (excludes halogenated alkanes) is 2. The van der Waals surface area contributed by atoms with Crippen LogP contribution < -0.4 is 10.2 Å². The van der Waals surface area contributed by atoms with Gasteiger partial charge in [0.25, 0.3) is 0 Å². The summed E-state index contributed by atoms with van der Waals surface area (Å²) in [6, 6.07) is 3.46. The summed E-state index contributed by atoms with van der Waals surface area (Å²) >= 11 is 0. The number of fused-ring (bicyclic) bond motifs is 1. The highest BCUT2D eigenvalue weighted by molar-refractivity contribution is 5.86. The Hall–Kier alpha value is -2.77. The van der Waals surface area contributed by atoms with E-state index in [2.05, 4.69) is 27.2 Å². The second kappa shape index (κ2) is 7.87. The first-order valence-electron chi connectivity index (χ1n) is 6.98. The van der Waals surface area contributed by atoms with E-state index in [4.69, 9.17) is 4.84 Å². The van der Waals surface area contributed by atoms with Crippen molar-refractivity contribution in [2.45, 2.75) is 25.7 Å². The molecule has 0 aromatic carbocycles. The quantitative estimate of drug-likeness (QED) is 0.436. The fourth-order valence-electron chi connectivity index (χ4n) is 1.80. The van der Waals surface area contributed by atoms with Gasteiger partial charge in [-0.3, -0.25) is 4.79 Å². The average Bonchev–Trinajstić information content (AvgIpc) is 2.93. The van der Waals surface area contributed by atoms with E-state index in [1.165, 1.54) is 6.08 Å². The fourth-order valence-corrected chi connectivity index (χ4v) is 1.80. The largest absolute Gasteiger partial charge is 0.353 e. The molecule has 8 heteroatoms. The van der Waals surface area contributed by atoms with Gasteiger partial charge in [0.1, 0.15) is 5.52 Å². The highest BCUT2D eigenvalue weighted by Gasteiger charge is 2.10. The van der Waals surface area contributed by atoms with Crippen LogP contribution in [0, 0.1) is 0 Å². The summed E-state index contributed by atoms with van der Waals surface area (Å²) < 4.78 is 0. The van der Waals surface area contributed by atoms with Crippen LogP contribution in [0.5, 0.6) is 0 Å². The Morgan fingerprint density at radius 1 is 1.36 bits per heavy atom. The molecule has 1 N–H and O–H groups in total. The van der Waals surface area contributed by atoms with Crippen LogP contribution in [-0.4, -0.2) is 38.6 Å². The van der Waals surface area contributed by atoms with E-state index >= 15 is 0 Å². The Labute approximate surface area is 127 Å². The molecule has 2 heterocycles. The van der Waals surface area contributed by atoms with Gasteiger partial charge in [0.05, 0.1) is 0 Å². The Morgan fingerprint density at radius 2 is 2.23 bits per heavy atom. The summed E-state index contributed by atoms with van der Waals surface area (Å²) in [6.45, 7) is 3.93. The third-order valence-electron chi connectivity index (χ3n) is 2.91. The maximum Gasteiger partial charge on any atom is 0.335 e. The third-order valence-corrected chi connectivity index (χ3v) is 2.91. The van der Waals surface area contributed by atoms with E-state index in [-0.39, 0.29) is 12.3 Å². The number of carbonyl (C=O) groups is 2. The van der Waals surface area contributed by atoms with Crippen molar-refractivity contribution in [3.05, 3.63) is 31.0 Å². The zero-order valence-electron chi connectivity index (χ0n) is 12.1. The molecule has 0 bridgehead atoms. The molecular formula is C14H17N5O3. The normalized spacial score (nSPS) is 10.4. The smallest absolute Gasteiger partial charge is 0.335 e. The van der Waals surface area contributed by atoms with Crippen molar-refractivity contribution in [1.82, 2.24) is 25.5 Å². The van der Waals surface area contributed by atoms with Crippen LogP contribution in [-0.2, 0) is 9.59 Å². The van der Waals surface area contributed by atoms with E-state index in [1.807, 2.05) is 0 Å². The number of amides is 1. The van der Waals surface area contributed by atoms with Crippen molar-refractivity contribution >= 4 is 23.0 Å². The lowest BCUT2D eigenvalue weighted by Gasteiger charge is -2.03. The number of pyridine rings is 1. The van der Waals surface area contributed by atoms with Crippen LogP contribution in [0.15, 0.2) is 31.0 Å². The Bertz CT molecular complexity index is 667. The van der Waals surface area contributed by atoms with Crippen molar-refractivity contribution < 1.29 is 14.4 Å². The second-order valence-electron chi connectivity index (χ2n) is 4.58. The molecule has 8 nitrogen and oxygen atoms in total. The zero-order valence-corrected chi connectivity index (χ0v) is 12.1. The molecular weight excluding hydrogens is 286 g/mol. The van der Waals surface area contributed by atoms with Crippen LogP contribution in [0.2, 0.25) is 0 Å².